The molecule has 1 heteroatoms. The monoisotopic (exact) mass is 171 g/mol. The van der Waals surface area contributed by atoms with Gasteiger partial charge >= 0.3 is 0 Å². The molecule has 0 bridgehead atoms. The highest BCUT2D eigenvalue weighted by molar-refractivity contribution is 4.78. The number of hydrogen-bond donors (Lipinski definition) is 1. The number of nitrogens with one attached hydrogen (secondary N) is 1. The minimum absolute atomic E-state index is 0.366. The molecule has 0 saturated heterocycles. The Morgan fingerprint density at radius 2 is 1.42 bits per heavy atom. The van der Waals surface area contributed by atoms with Crippen LogP contribution in [0.3, 0.4) is 0 Å². The van der Waals surface area contributed by atoms with Gasteiger partial charge in [-0.15, -0.1) is 0 Å². The summed E-state index contributed by atoms with van der Waals surface area (Å²) in [6.07, 6.45) is 0. The molecule has 0 aromatic carbocycles. The first kappa shape index (κ1) is 12.0. The van der Waals surface area contributed by atoms with Gasteiger partial charge in [-0.2, -0.15) is 0 Å². The van der Waals surface area contributed by atoms with Gasteiger partial charge < -0.3 is 5.32 Å². The van der Waals surface area contributed by atoms with E-state index in [1.165, 1.54) is 0 Å². The van der Waals surface area contributed by atoms with Crippen molar-refractivity contribution in [2.24, 2.45) is 10.8 Å². The van der Waals surface area contributed by atoms with Crippen molar-refractivity contribution in [1.29, 1.82) is 0 Å². The normalized spacial score (nSPS) is 16.2. The van der Waals surface area contributed by atoms with Crippen LogP contribution in [-0.4, -0.2) is 12.6 Å². The van der Waals surface area contributed by atoms with E-state index in [4.69, 9.17) is 0 Å². The standard InChI is InChI=1S/C11H25N/c1-9(11(5,6)7)12-8-10(2,3)4/h9,12H,8H2,1-7H3. The van der Waals surface area contributed by atoms with E-state index < -0.39 is 0 Å². The summed E-state index contributed by atoms with van der Waals surface area (Å²) in [4.78, 5) is 0. The zero-order valence-corrected chi connectivity index (χ0v) is 9.78. The van der Waals surface area contributed by atoms with Crippen molar-refractivity contribution in [3.05, 3.63) is 0 Å². The van der Waals surface area contributed by atoms with Crippen LogP contribution in [0.1, 0.15) is 48.5 Å². The van der Waals surface area contributed by atoms with Crippen LogP contribution in [0, 0.1) is 10.8 Å². The van der Waals surface area contributed by atoms with Gasteiger partial charge in [0.15, 0.2) is 0 Å². The molecule has 0 radical (unpaired) electrons. The predicted molar refractivity (Wildman–Crippen MR) is 56.4 cm³/mol. The molecule has 0 saturated carbocycles. The van der Waals surface area contributed by atoms with Crippen molar-refractivity contribution in [3.8, 4) is 0 Å². The first-order chi connectivity index (χ1) is 5.13. The third-order valence-electron chi connectivity index (χ3n) is 2.24. The highest BCUT2D eigenvalue weighted by Gasteiger charge is 2.21. The van der Waals surface area contributed by atoms with Crippen molar-refractivity contribution in [3.63, 3.8) is 0 Å². The predicted octanol–water partition coefficient (Wildman–Crippen LogP) is 3.06. The van der Waals surface area contributed by atoms with E-state index in [-0.39, 0.29) is 0 Å². The van der Waals surface area contributed by atoms with Gasteiger partial charge in [0.1, 0.15) is 0 Å². The Kier molecular flexibility index (Phi) is 3.77. The number of rotatable bonds is 2. The first-order valence-corrected chi connectivity index (χ1v) is 4.86. The summed E-state index contributed by atoms with van der Waals surface area (Å²) in [6, 6.07) is 0.580. The van der Waals surface area contributed by atoms with Gasteiger partial charge in [0, 0.05) is 12.6 Å². The molecule has 0 heterocycles. The van der Waals surface area contributed by atoms with Crippen molar-refractivity contribution < 1.29 is 0 Å². The lowest BCUT2D eigenvalue weighted by Crippen LogP contribution is -2.41. The van der Waals surface area contributed by atoms with Crippen LogP contribution in [0.2, 0.25) is 0 Å². The second-order valence-corrected chi connectivity index (χ2v) is 6.03. The van der Waals surface area contributed by atoms with Gasteiger partial charge in [-0.05, 0) is 17.8 Å². The Bertz CT molecular complexity index is 125. The summed E-state index contributed by atoms with van der Waals surface area (Å²) in [5, 5.41) is 3.56. The van der Waals surface area contributed by atoms with Crippen LogP contribution in [0.4, 0.5) is 0 Å². The van der Waals surface area contributed by atoms with E-state index in [1.807, 2.05) is 0 Å². The van der Waals surface area contributed by atoms with Crippen molar-refractivity contribution in [2.75, 3.05) is 6.54 Å². The van der Waals surface area contributed by atoms with E-state index in [9.17, 15) is 0 Å². The molecular formula is C11H25N. The van der Waals surface area contributed by atoms with E-state index >= 15 is 0 Å². The second-order valence-electron chi connectivity index (χ2n) is 6.03. The molecule has 12 heavy (non-hydrogen) atoms. The van der Waals surface area contributed by atoms with Gasteiger partial charge in [-0.3, -0.25) is 0 Å². The van der Waals surface area contributed by atoms with Gasteiger partial charge in [0.05, 0.1) is 0 Å². The molecule has 0 aliphatic heterocycles. The molecule has 0 fully saturated rings. The van der Waals surface area contributed by atoms with Crippen LogP contribution in [0.5, 0.6) is 0 Å². The number of hydrogen-bond acceptors (Lipinski definition) is 1. The SMILES string of the molecule is CC(NCC(C)(C)C)C(C)(C)C. The lowest BCUT2D eigenvalue weighted by atomic mass is 9.87. The summed E-state index contributed by atoms with van der Waals surface area (Å²) in [6.45, 7) is 16.9. The second kappa shape index (κ2) is 3.78. The highest BCUT2D eigenvalue weighted by Crippen LogP contribution is 2.20. The van der Waals surface area contributed by atoms with E-state index in [1.54, 1.807) is 0 Å². The molecule has 1 nitrogen and oxygen atoms in total. The fourth-order valence-corrected chi connectivity index (χ4v) is 0.765. The average molecular weight is 171 g/mol. The molecule has 1 unspecified atom stereocenters. The Balaban J connectivity index is 3.80. The van der Waals surface area contributed by atoms with E-state index in [0.29, 0.717) is 16.9 Å². The molecule has 1 N–H and O–H groups in total. The molecule has 0 aromatic rings. The third-order valence-corrected chi connectivity index (χ3v) is 2.24. The molecule has 0 amide bonds. The summed E-state index contributed by atoms with van der Waals surface area (Å²) in [5.41, 5.74) is 0.755. The van der Waals surface area contributed by atoms with E-state index in [0.717, 1.165) is 6.54 Å². The lowest BCUT2D eigenvalue weighted by molar-refractivity contribution is 0.253. The van der Waals surface area contributed by atoms with E-state index in [2.05, 4.69) is 53.8 Å². The molecule has 74 valence electrons. The van der Waals surface area contributed by atoms with Crippen LogP contribution >= 0.6 is 0 Å². The van der Waals surface area contributed by atoms with Crippen LogP contribution < -0.4 is 5.32 Å². The topological polar surface area (TPSA) is 12.0 Å². The fraction of sp³-hybridized carbons (Fsp3) is 1.00. The zero-order valence-electron chi connectivity index (χ0n) is 9.78. The maximum Gasteiger partial charge on any atom is 0.00874 e. The summed E-state index contributed by atoms with van der Waals surface area (Å²) < 4.78 is 0. The van der Waals surface area contributed by atoms with Crippen molar-refractivity contribution in [2.45, 2.75) is 54.5 Å². The minimum Gasteiger partial charge on any atom is -0.313 e. The highest BCUT2D eigenvalue weighted by atomic mass is 14.9. The molecular weight excluding hydrogens is 146 g/mol. The molecule has 0 rings (SSSR count). The third kappa shape index (κ3) is 5.59. The summed E-state index contributed by atoms with van der Waals surface area (Å²) in [5.74, 6) is 0. The van der Waals surface area contributed by atoms with Gasteiger partial charge in [0.25, 0.3) is 0 Å². The van der Waals surface area contributed by atoms with Gasteiger partial charge in [-0.1, -0.05) is 41.5 Å². The van der Waals surface area contributed by atoms with Crippen molar-refractivity contribution in [1.82, 2.24) is 5.32 Å². The van der Waals surface area contributed by atoms with Gasteiger partial charge in [-0.25, -0.2) is 0 Å². The largest absolute Gasteiger partial charge is 0.313 e. The molecule has 0 spiro atoms. The quantitative estimate of drug-likeness (QED) is 0.673. The maximum atomic E-state index is 3.56. The first-order valence-electron chi connectivity index (χ1n) is 4.86. The lowest BCUT2D eigenvalue weighted by Gasteiger charge is -2.31. The van der Waals surface area contributed by atoms with Crippen LogP contribution in [0.15, 0.2) is 0 Å². The van der Waals surface area contributed by atoms with Crippen LogP contribution in [0.25, 0.3) is 0 Å². The average Bonchev–Trinajstić information content (AvgIpc) is 1.78. The Morgan fingerprint density at radius 3 is 1.67 bits per heavy atom. The molecule has 0 aliphatic carbocycles. The molecule has 0 aromatic heterocycles. The Morgan fingerprint density at radius 1 is 1.00 bits per heavy atom. The molecule has 0 aliphatic rings. The zero-order chi connectivity index (χ0) is 9.99. The summed E-state index contributed by atoms with van der Waals surface area (Å²) >= 11 is 0. The fourth-order valence-electron chi connectivity index (χ4n) is 0.765. The Hall–Kier alpha value is -0.0400. The van der Waals surface area contributed by atoms with Gasteiger partial charge in [0.2, 0.25) is 0 Å². The minimum atomic E-state index is 0.366. The maximum absolute atomic E-state index is 3.56. The van der Waals surface area contributed by atoms with Crippen molar-refractivity contribution >= 4 is 0 Å². The summed E-state index contributed by atoms with van der Waals surface area (Å²) in [7, 11) is 0. The van der Waals surface area contributed by atoms with Crippen LogP contribution in [-0.2, 0) is 0 Å². The smallest absolute Gasteiger partial charge is 0.00874 e. The Labute approximate surface area is 77.9 Å². The molecule has 1 atom stereocenters.